The number of hydrogen-bond acceptors (Lipinski definition) is 6. The molecule has 4 rings (SSSR count). The van der Waals surface area contributed by atoms with Crippen LogP contribution >= 0.6 is 11.8 Å². The van der Waals surface area contributed by atoms with Crippen molar-refractivity contribution in [2.75, 3.05) is 11.1 Å². The second-order valence-corrected chi connectivity index (χ2v) is 11.2. The number of nitrogens with zero attached hydrogens (tertiary/aromatic N) is 3. The highest BCUT2D eigenvalue weighted by Crippen LogP contribution is 2.26. The Morgan fingerprint density at radius 2 is 1.51 bits per heavy atom. The maximum absolute atomic E-state index is 13.0. The van der Waals surface area contributed by atoms with Gasteiger partial charge in [-0.2, -0.15) is 0 Å². The van der Waals surface area contributed by atoms with Gasteiger partial charge in [-0.05, 0) is 56.2 Å². The molecule has 1 heterocycles. The van der Waals surface area contributed by atoms with Gasteiger partial charge in [0.25, 0.3) is 0 Å². The molecule has 1 aromatic heterocycles. The van der Waals surface area contributed by atoms with Crippen LogP contribution in [-0.2, 0) is 20.4 Å². The average molecular weight is 507 g/mol. The van der Waals surface area contributed by atoms with Crippen LogP contribution in [0.4, 0.5) is 5.69 Å². The normalized spacial score (nSPS) is 11.4. The van der Waals surface area contributed by atoms with Gasteiger partial charge in [0.15, 0.2) is 20.8 Å². The smallest absolute Gasteiger partial charge is 0.234 e. The van der Waals surface area contributed by atoms with Gasteiger partial charge in [0, 0.05) is 11.4 Å². The lowest BCUT2D eigenvalue weighted by molar-refractivity contribution is -0.113. The molecule has 7 nitrogen and oxygen atoms in total. The predicted molar refractivity (Wildman–Crippen MR) is 139 cm³/mol. The van der Waals surface area contributed by atoms with E-state index >= 15 is 0 Å². The van der Waals surface area contributed by atoms with Crippen molar-refractivity contribution < 1.29 is 13.2 Å². The van der Waals surface area contributed by atoms with Crippen molar-refractivity contribution >= 4 is 33.2 Å². The molecule has 0 saturated carbocycles. The summed E-state index contributed by atoms with van der Waals surface area (Å²) in [6.45, 7) is 5.95. The van der Waals surface area contributed by atoms with Gasteiger partial charge in [-0.3, -0.25) is 9.36 Å². The van der Waals surface area contributed by atoms with Crippen LogP contribution in [0, 0.1) is 20.8 Å². The Labute approximate surface area is 209 Å². The molecule has 0 aliphatic heterocycles. The van der Waals surface area contributed by atoms with E-state index in [-0.39, 0.29) is 28.1 Å². The van der Waals surface area contributed by atoms with Crippen LogP contribution in [0.1, 0.15) is 22.5 Å². The number of benzene rings is 3. The molecule has 0 bridgehead atoms. The number of anilines is 1. The van der Waals surface area contributed by atoms with Gasteiger partial charge < -0.3 is 5.32 Å². The number of para-hydroxylation sites is 1. The molecule has 1 N–H and O–H groups in total. The van der Waals surface area contributed by atoms with Gasteiger partial charge in [0.1, 0.15) is 5.75 Å². The summed E-state index contributed by atoms with van der Waals surface area (Å²) in [5.74, 6) is -0.101. The molecule has 9 heteroatoms. The Hall–Kier alpha value is -3.43. The molecule has 0 atom stereocenters. The topological polar surface area (TPSA) is 94.0 Å². The van der Waals surface area contributed by atoms with Crippen molar-refractivity contribution in [2.45, 2.75) is 36.6 Å². The van der Waals surface area contributed by atoms with E-state index < -0.39 is 9.84 Å². The average Bonchev–Trinajstić information content (AvgIpc) is 3.22. The van der Waals surface area contributed by atoms with Gasteiger partial charge in [-0.15, -0.1) is 10.2 Å². The van der Waals surface area contributed by atoms with Gasteiger partial charge >= 0.3 is 0 Å². The molecule has 0 spiro atoms. The standard InChI is InChI=1S/C26H26N4O3S2/c1-18-14-19(2)25(20(3)15-18)27-24(31)16-34-26-29-28-23(30(26)21-10-6-4-7-11-21)17-35(32,33)22-12-8-5-9-13-22/h4-15H,16-17H2,1-3H3,(H,27,31). The molecular formula is C26H26N4O3S2. The van der Waals surface area contributed by atoms with Crippen LogP contribution in [0.15, 0.2) is 82.8 Å². The molecule has 35 heavy (non-hydrogen) atoms. The zero-order chi connectivity index (χ0) is 25.0. The molecule has 0 aliphatic carbocycles. The van der Waals surface area contributed by atoms with Crippen molar-refractivity contribution in [1.82, 2.24) is 14.8 Å². The van der Waals surface area contributed by atoms with E-state index in [0.717, 1.165) is 28.1 Å². The van der Waals surface area contributed by atoms with E-state index in [2.05, 4.69) is 15.5 Å². The first-order valence-corrected chi connectivity index (χ1v) is 13.7. The van der Waals surface area contributed by atoms with Crippen molar-refractivity contribution in [3.8, 4) is 5.69 Å². The Morgan fingerprint density at radius 3 is 2.14 bits per heavy atom. The number of thioether (sulfide) groups is 1. The fraction of sp³-hybridized carbons (Fsp3) is 0.192. The minimum absolute atomic E-state index is 0.100. The molecule has 1 amide bonds. The fourth-order valence-corrected chi connectivity index (χ4v) is 5.92. The van der Waals surface area contributed by atoms with E-state index in [1.54, 1.807) is 34.9 Å². The number of aryl methyl sites for hydroxylation is 3. The number of amides is 1. The summed E-state index contributed by atoms with van der Waals surface area (Å²) in [6.07, 6.45) is 0. The quantitative estimate of drug-likeness (QED) is 0.342. The van der Waals surface area contributed by atoms with Gasteiger partial charge in [0.05, 0.1) is 10.6 Å². The Balaban J connectivity index is 1.58. The highest BCUT2D eigenvalue weighted by atomic mass is 32.2. The van der Waals surface area contributed by atoms with E-state index in [1.165, 1.54) is 11.8 Å². The summed E-state index contributed by atoms with van der Waals surface area (Å²) >= 11 is 1.21. The lowest BCUT2D eigenvalue weighted by Gasteiger charge is -2.13. The Kier molecular flexibility index (Phi) is 7.37. The van der Waals surface area contributed by atoms with Crippen LogP contribution < -0.4 is 5.32 Å². The lowest BCUT2D eigenvalue weighted by Crippen LogP contribution is -2.16. The highest BCUT2D eigenvalue weighted by molar-refractivity contribution is 7.99. The summed E-state index contributed by atoms with van der Waals surface area (Å²) in [7, 11) is -3.63. The molecular weight excluding hydrogens is 480 g/mol. The molecule has 180 valence electrons. The zero-order valence-corrected chi connectivity index (χ0v) is 21.4. The van der Waals surface area contributed by atoms with Gasteiger partial charge in [0.2, 0.25) is 5.91 Å². The fourth-order valence-electron chi connectivity index (χ4n) is 3.89. The molecule has 0 radical (unpaired) electrons. The van der Waals surface area contributed by atoms with Crippen molar-refractivity contribution in [3.05, 3.63) is 95.3 Å². The third kappa shape index (κ3) is 5.80. The SMILES string of the molecule is Cc1cc(C)c(NC(=O)CSc2nnc(CS(=O)(=O)c3ccccc3)n2-c2ccccc2)c(C)c1. The number of aromatic nitrogens is 3. The van der Waals surface area contributed by atoms with E-state index in [9.17, 15) is 13.2 Å². The first-order valence-electron chi connectivity index (χ1n) is 11.0. The number of carbonyl (C=O) groups excluding carboxylic acids is 1. The van der Waals surface area contributed by atoms with Crippen molar-refractivity contribution in [1.29, 1.82) is 0 Å². The number of nitrogens with one attached hydrogen (secondary N) is 1. The van der Waals surface area contributed by atoms with Crippen molar-refractivity contribution in [2.24, 2.45) is 0 Å². The summed E-state index contributed by atoms with van der Waals surface area (Å²) in [5.41, 5.74) is 4.67. The number of rotatable bonds is 8. The summed E-state index contributed by atoms with van der Waals surface area (Å²) in [6, 6.07) is 21.6. The molecule has 0 fully saturated rings. The summed E-state index contributed by atoms with van der Waals surface area (Å²) in [4.78, 5) is 13.0. The van der Waals surface area contributed by atoms with E-state index in [4.69, 9.17) is 0 Å². The minimum atomic E-state index is -3.63. The monoisotopic (exact) mass is 506 g/mol. The second-order valence-electron chi connectivity index (χ2n) is 8.25. The lowest BCUT2D eigenvalue weighted by atomic mass is 10.1. The van der Waals surface area contributed by atoms with Crippen molar-refractivity contribution in [3.63, 3.8) is 0 Å². The maximum atomic E-state index is 13.0. The summed E-state index contributed by atoms with van der Waals surface area (Å²) < 4.78 is 27.7. The molecule has 0 saturated heterocycles. The van der Waals surface area contributed by atoms with Crippen LogP contribution in [0.2, 0.25) is 0 Å². The van der Waals surface area contributed by atoms with Gasteiger partial charge in [-0.1, -0.05) is 65.9 Å². The first-order chi connectivity index (χ1) is 16.7. The van der Waals surface area contributed by atoms with Crippen LogP contribution in [0.3, 0.4) is 0 Å². The number of carbonyl (C=O) groups is 1. The van der Waals surface area contributed by atoms with Gasteiger partial charge in [-0.25, -0.2) is 8.42 Å². The third-order valence-corrected chi connectivity index (χ3v) is 7.97. The zero-order valence-electron chi connectivity index (χ0n) is 19.7. The Bertz CT molecular complexity index is 1430. The molecule has 3 aromatic carbocycles. The van der Waals surface area contributed by atoms with Crippen LogP contribution in [-0.4, -0.2) is 34.8 Å². The van der Waals surface area contributed by atoms with Crippen LogP contribution in [0.5, 0.6) is 0 Å². The third-order valence-electron chi connectivity index (χ3n) is 5.41. The summed E-state index contributed by atoms with van der Waals surface area (Å²) in [5, 5.41) is 11.8. The number of sulfone groups is 1. The van der Waals surface area contributed by atoms with Crippen LogP contribution in [0.25, 0.3) is 5.69 Å². The van der Waals surface area contributed by atoms with E-state index in [0.29, 0.717) is 5.16 Å². The molecule has 4 aromatic rings. The second kappa shape index (κ2) is 10.5. The minimum Gasteiger partial charge on any atom is -0.325 e. The number of hydrogen-bond donors (Lipinski definition) is 1. The first kappa shape index (κ1) is 24.7. The van der Waals surface area contributed by atoms with E-state index in [1.807, 2.05) is 63.2 Å². The molecule has 0 aliphatic rings. The largest absolute Gasteiger partial charge is 0.325 e. The molecule has 0 unspecified atom stereocenters. The Morgan fingerprint density at radius 1 is 0.914 bits per heavy atom. The maximum Gasteiger partial charge on any atom is 0.234 e. The predicted octanol–water partition coefficient (Wildman–Crippen LogP) is 4.90. The highest BCUT2D eigenvalue weighted by Gasteiger charge is 2.23.